The van der Waals surface area contributed by atoms with Gasteiger partial charge in [0.05, 0.1) is 10.2 Å². The van der Waals surface area contributed by atoms with Crippen LogP contribution in [0.25, 0.3) is 0 Å². The number of thioether (sulfide) groups is 1. The third kappa shape index (κ3) is 2.45. The van der Waals surface area contributed by atoms with Crippen molar-refractivity contribution >= 4 is 33.5 Å². The van der Waals surface area contributed by atoms with Crippen molar-refractivity contribution in [3.63, 3.8) is 0 Å². The van der Waals surface area contributed by atoms with Crippen LogP contribution in [0.15, 0.2) is 4.47 Å². The molecule has 3 nitrogen and oxygen atoms in total. The van der Waals surface area contributed by atoms with Gasteiger partial charge in [0.25, 0.3) is 0 Å². The van der Waals surface area contributed by atoms with Crippen molar-refractivity contribution in [1.82, 2.24) is 9.97 Å². The lowest BCUT2D eigenvalue weighted by Crippen LogP contribution is -2.33. The van der Waals surface area contributed by atoms with Crippen molar-refractivity contribution in [3.05, 3.63) is 16.0 Å². The standard InChI is InChI=1S/C10H14BrN3S/c1-7-9(11)10(13-8(2)12-7)14-3-5-15-6-4-14/h3-6H2,1-2H3. The minimum absolute atomic E-state index is 0.851. The van der Waals surface area contributed by atoms with Crippen molar-refractivity contribution in [1.29, 1.82) is 0 Å². The van der Waals surface area contributed by atoms with Gasteiger partial charge in [0, 0.05) is 24.6 Å². The molecule has 0 atom stereocenters. The molecule has 82 valence electrons. The maximum atomic E-state index is 4.52. The van der Waals surface area contributed by atoms with Gasteiger partial charge in [-0.1, -0.05) is 0 Å². The largest absolute Gasteiger partial charge is 0.354 e. The zero-order chi connectivity index (χ0) is 10.8. The Labute approximate surface area is 103 Å². The Balaban J connectivity index is 2.33. The van der Waals surface area contributed by atoms with Crippen LogP contribution >= 0.6 is 27.7 Å². The van der Waals surface area contributed by atoms with E-state index in [2.05, 4.69) is 30.8 Å². The highest BCUT2D eigenvalue weighted by molar-refractivity contribution is 9.10. The monoisotopic (exact) mass is 287 g/mol. The van der Waals surface area contributed by atoms with Gasteiger partial charge in [-0.15, -0.1) is 0 Å². The Morgan fingerprint density at radius 3 is 2.53 bits per heavy atom. The molecule has 15 heavy (non-hydrogen) atoms. The molecule has 5 heteroatoms. The molecule has 2 heterocycles. The molecule has 1 fully saturated rings. The number of rotatable bonds is 1. The Bertz CT molecular complexity index is 364. The molecule has 0 amide bonds. The first-order valence-electron chi connectivity index (χ1n) is 5.02. The first-order chi connectivity index (χ1) is 7.18. The first-order valence-corrected chi connectivity index (χ1v) is 6.96. The van der Waals surface area contributed by atoms with Crippen LogP contribution in [0.1, 0.15) is 11.5 Å². The van der Waals surface area contributed by atoms with Crippen LogP contribution in [0.2, 0.25) is 0 Å². The van der Waals surface area contributed by atoms with Crippen LogP contribution < -0.4 is 4.90 Å². The van der Waals surface area contributed by atoms with Gasteiger partial charge in [0.1, 0.15) is 11.6 Å². The molecular weight excluding hydrogens is 274 g/mol. The minimum Gasteiger partial charge on any atom is -0.354 e. The smallest absolute Gasteiger partial charge is 0.146 e. The van der Waals surface area contributed by atoms with Gasteiger partial charge >= 0.3 is 0 Å². The summed E-state index contributed by atoms with van der Waals surface area (Å²) in [6.45, 7) is 6.13. The first kappa shape index (κ1) is 11.2. The summed E-state index contributed by atoms with van der Waals surface area (Å²) in [5, 5.41) is 0. The molecule has 0 N–H and O–H groups in total. The Hall–Kier alpha value is -0.290. The van der Waals surface area contributed by atoms with Crippen molar-refractivity contribution in [2.45, 2.75) is 13.8 Å². The molecule has 0 radical (unpaired) electrons. The number of hydrogen-bond donors (Lipinski definition) is 0. The van der Waals surface area contributed by atoms with E-state index in [1.54, 1.807) is 0 Å². The van der Waals surface area contributed by atoms with Gasteiger partial charge in [-0.05, 0) is 29.8 Å². The third-order valence-electron chi connectivity index (χ3n) is 2.42. The van der Waals surface area contributed by atoms with Gasteiger partial charge in [0.2, 0.25) is 0 Å². The van der Waals surface area contributed by atoms with E-state index in [-0.39, 0.29) is 0 Å². The third-order valence-corrected chi connectivity index (χ3v) is 4.29. The molecule has 2 rings (SSSR count). The number of halogens is 1. The summed E-state index contributed by atoms with van der Waals surface area (Å²) in [7, 11) is 0. The van der Waals surface area contributed by atoms with Crippen LogP contribution in [0.5, 0.6) is 0 Å². The summed E-state index contributed by atoms with van der Waals surface area (Å²) in [6, 6.07) is 0. The second-order valence-corrected chi connectivity index (χ2v) is 5.61. The van der Waals surface area contributed by atoms with Gasteiger partial charge in [-0.2, -0.15) is 11.8 Å². The summed E-state index contributed by atoms with van der Waals surface area (Å²) < 4.78 is 1.04. The van der Waals surface area contributed by atoms with Crippen molar-refractivity contribution in [2.24, 2.45) is 0 Å². The quantitative estimate of drug-likeness (QED) is 0.793. The fourth-order valence-corrected chi connectivity index (χ4v) is 3.00. The SMILES string of the molecule is Cc1nc(C)c(Br)c(N2CCSCC2)n1. The fourth-order valence-electron chi connectivity index (χ4n) is 1.67. The van der Waals surface area contributed by atoms with E-state index < -0.39 is 0 Å². The zero-order valence-electron chi connectivity index (χ0n) is 8.96. The lowest BCUT2D eigenvalue weighted by molar-refractivity contribution is 0.819. The highest BCUT2D eigenvalue weighted by Gasteiger charge is 2.17. The number of aryl methyl sites for hydroxylation is 2. The number of anilines is 1. The van der Waals surface area contributed by atoms with Crippen LogP contribution in [0, 0.1) is 13.8 Å². The molecule has 1 aromatic rings. The molecule has 1 aliphatic heterocycles. The zero-order valence-corrected chi connectivity index (χ0v) is 11.4. The van der Waals surface area contributed by atoms with Gasteiger partial charge in [0.15, 0.2) is 0 Å². The molecule has 0 bridgehead atoms. The van der Waals surface area contributed by atoms with E-state index in [9.17, 15) is 0 Å². The molecule has 1 aromatic heterocycles. The van der Waals surface area contributed by atoms with E-state index in [0.717, 1.165) is 34.9 Å². The summed E-state index contributed by atoms with van der Waals surface area (Å²) in [4.78, 5) is 11.2. The van der Waals surface area contributed by atoms with Gasteiger partial charge in [-0.25, -0.2) is 9.97 Å². The van der Waals surface area contributed by atoms with Gasteiger partial charge in [-0.3, -0.25) is 0 Å². The molecule has 0 unspecified atom stereocenters. The van der Waals surface area contributed by atoms with E-state index in [1.165, 1.54) is 11.5 Å². The van der Waals surface area contributed by atoms with Crippen LogP contribution in [0.3, 0.4) is 0 Å². The van der Waals surface area contributed by atoms with Gasteiger partial charge < -0.3 is 4.90 Å². The van der Waals surface area contributed by atoms with Crippen molar-refractivity contribution in [2.75, 3.05) is 29.5 Å². The highest BCUT2D eigenvalue weighted by atomic mass is 79.9. The maximum absolute atomic E-state index is 4.52. The van der Waals surface area contributed by atoms with Crippen molar-refractivity contribution in [3.8, 4) is 0 Å². The van der Waals surface area contributed by atoms with E-state index in [1.807, 2.05) is 25.6 Å². The predicted molar refractivity (Wildman–Crippen MR) is 68.7 cm³/mol. The number of nitrogens with zero attached hydrogens (tertiary/aromatic N) is 3. The van der Waals surface area contributed by atoms with Crippen LogP contribution in [-0.2, 0) is 0 Å². The second-order valence-electron chi connectivity index (χ2n) is 3.59. The summed E-state index contributed by atoms with van der Waals surface area (Å²) >= 11 is 5.58. The molecule has 0 aliphatic carbocycles. The van der Waals surface area contributed by atoms with E-state index in [0.29, 0.717) is 0 Å². The highest BCUT2D eigenvalue weighted by Crippen LogP contribution is 2.28. The molecule has 0 aromatic carbocycles. The molecule has 1 saturated heterocycles. The lowest BCUT2D eigenvalue weighted by Gasteiger charge is -2.28. The molecule has 1 aliphatic rings. The summed E-state index contributed by atoms with van der Waals surface area (Å²) in [6.07, 6.45) is 0. The van der Waals surface area contributed by atoms with Crippen LogP contribution in [-0.4, -0.2) is 34.6 Å². The van der Waals surface area contributed by atoms with E-state index >= 15 is 0 Å². The van der Waals surface area contributed by atoms with Crippen LogP contribution in [0.4, 0.5) is 5.82 Å². The second kappa shape index (κ2) is 4.70. The Kier molecular flexibility index (Phi) is 3.51. The summed E-state index contributed by atoms with van der Waals surface area (Å²) in [5.41, 5.74) is 1.02. The average Bonchev–Trinajstić information content (AvgIpc) is 2.24. The van der Waals surface area contributed by atoms with Crippen molar-refractivity contribution < 1.29 is 0 Å². The topological polar surface area (TPSA) is 29.0 Å². The number of hydrogen-bond acceptors (Lipinski definition) is 4. The normalized spacial score (nSPS) is 16.9. The molecule has 0 saturated carbocycles. The predicted octanol–water partition coefficient (Wildman–Crippen LogP) is 2.41. The Morgan fingerprint density at radius 2 is 1.87 bits per heavy atom. The molecule has 0 spiro atoms. The minimum atomic E-state index is 0.851. The number of aromatic nitrogens is 2. The fraction of sp³-hybridized carbons (Fsp3) is 0.600. The lowest BCUT2D eigenvalue weighted by atomic mass is 10.3. The summed E-state index contributed by atoms with van der Waals surface area (Å²) in [5.74, 6) is 4.28. The Morgan fingerprint density at radius 1 is 1.20 bits per heavy atom. The average molecular weight is 288 g/mol. The molecular formula is C10H14BrN3S. The van der Waals surface area contributed by atoms with E-state index in [4.69, 9.17) is 0 Å². The maximum Gasteiger partial charge on any atom is 0.146 e.